The largest absolute Gasteiger partial charge is 0.748 e. The van der Waals surface area contributed by atoms with Crippen LogP contribution >= 0.6 is 0 Å². The van der Waals surface area contributed by atoms with Crippen LogP contribution in [0.1, 0.15) is 27.7 Å². The van der Waals surface area contributed by atoms with Crippen molar-refractivity contribution in [2.24, 2.45) is 0 Å². The van der Waals surface area contributed by atoms with E-state index in [0.29, 0.717) is 0 Å². The van der Waals surface area contributed by atoms with E-state index >= 15 is 0 Å². The van der Waals surface area contributed by atoms with Gasteiger partial charge in [0, 0.05) is 5.25 Å². The van der Waals surface area contributed by atoms with Crippen molar-refractivity contribution in [1.82, 2.24) is 0 Å². The molecule has 6 nitrogen and oxygen atoms in total. The Labute approximate surface area is 91.5 Å². The van der Waals surface area contributed by atoms with E-state index in [2.05, 4.69) is 4.18 Å². The van der Waals surface area contributed by atoms with Gasteiger partial charge in [0.15, 0.2) is 0 Å². The molecule has 0 rings (SSSR count). The molecule has 0 spiro atoms. The molecule has 0 aliphatic carbocycles. The Morgan fingerprint density at radius 2 is 1.20 bits per heavy atom. The van der Waals surface area contributed by atoms with Crippen LogP contribution in [0.2, 0.25) is 0 Å². The van der Waals surface area contributed by atoms with Gasteiger partial charge in [-0.1, -0.05) is 0 Å². The molecule has 0 radical (unpaired) electrons. The normalized spacial score (nSPS) is 12.5. The first-order chi connectivity index (χ1) is 6.45. The zero-order valence-corrected chi connectivity index (χ0v) is 11.1. The minimum absolute atomic E-state index is 0.438. The monoisotopic (exact) mass is 261 g/mol. The van der Waals surface area contributed by atoms with E-state index < -0.39 is 30.7 Å². The predicted molar refractivity (Wildman–Crippen MR) is 55.9 cm³/mol. The van der Waals surface area contributed by atoms with Crippen molar-refractivity contribution in [3.63, 3.8) is 0 Å². The fraction of sp³-hybridized carbons (Fsp3) is 1.00. The van der Waals surface area contributed by atoms with Crippen molar-refractivity contribution in [2.45, 2.75) is 38.2 Å². The Morgan fingerprint density at radius 3 is 1.20 bits per heavy atom. The first kappa shape index (κ1) is 17.2. The lowest BCUT2D eigenvalue weighted by atomic mass is 10.6. The van der Waals surface area contributed by atoms with Gasteiger partial charge in [-0.2, -0.15) is 8.42 Å². The summed E-state index contributed by atoms with van der Waals surface area (Å²) in [6.45, 7) is 5.84. The summed E-state index contributed by atoms with van der Waals surface area (Å²) < 4.78 is 54.5. The third-order valence-corrected chi connectivity index (χ3v) is 4.16. The van der Waals surface area contributed by atoms with E-state index in [1.54, 1.807) is 13.8 Å². The molecule has 0 aromatic heterocycles. The highest BCUT2D eigenvalue weighted by Crippen LogP contribution is 1.98. The molecule has 0 fully saturated rings. The topological polar surface area (TPSA) is 101 Å². The summed E-state index contributed by atoms with van der Waals surface area (Å²) in [5.41, 5.74) is 0. The van der Waals surface area contributed by atoms with E-state index in [9.17, 15) is 21.4 Å². The second-order valence-electron chi connectivity index (χ2n) is 3.25. The highest BCUT2D eigenvalue weighted by molar-refractivity contribution is 7.87. The third kappa shape index (κ3) is 8.79. The maximum Gasteiger partial charge on any atom is 0.269 e. The Hall–Kier alpha value is -0.180. The Bertz CT molecular complexity index is 351. The van der Waals surface area contributed by atoms with Crippen LogP contribution in [-0.4, -0.2) is 39.0 Å². The average Bonchev–Trinajstić information content (AvgIpc) is 2.03. The van der Waals surface area contributed by atoms with Gasteiger partial charge >= 0.3 is 0 Å². The van der Waals surface area contributed by atoms with Gasteiger partial charge in [0.2, 0.25) is 0 Å². The molecule has 0 aromatic rings. The lowest BCUT2D eigenvalue weighted by Gasteiger charge is -2.08. The molecule has 0 atom stereocenters. The highest BCUT2D eigenvalue weighted by Gasteiger charge is 2.12. The zero-order valence-electron chi connectivity index (χ0n) is 9.42. The summed E-state index contributed by atoms with van der Waals surface area (Å²) in [6.07, 6.45) is 0. The molecule has 0 aliphatic rings. The van der Waals surface area contributed by atoms with Crippen LogP contribution in [0.25, 0.3) is 0 Å². The fourth-order valence-electron chi connectivity index (χ4n) is 0.192. The van der Waals surface area contributed by atoms with Crippen LogP contribution in [-0.2, 0) is 24.4 Å². The van der Waals surface area contributed by atoms with Gasteiger partial charge in [-0.05, 0) is 27.7 Å². The zero-order chi connectivity index (χ0) is 12.9. The lowest BCUT2D eigenvalue weighted by molar-refractivity contribution is 0.391. The van der Waals surface area contributed by atoms with E-state index in [4.69, 9.17) is 0 Å². The number of hydrogen-bond donors (Lipinski definition) is 0. The smallest absolute Gasteiger partial charge is 0.269 e. The molecule has 0 unspecified atom stereocenters. The minimum Gasteiger partial charge on any atom is -0.748 e. The molecule has 8 heteroatoms. The molecule has 0 saturated carbocycles. The van der Waals surface area contributed by atoms with Gasteiger partial charge in [0.25, 0.3) is 10.1 Å². The SMILES string of the molecule is CC(C)S(=O)(=O)[O-].COS(=O)(=O)C(C)C. The molecule has 94 valence electrons. The molecule has 0 heterocycles. The van der Waals surface area contributed by atoms with Crippen molar-refractivity contribution < 1.29 is 25.6 Å². The van der Waals surface area contributed by atoms with Crippen LogP contribution in [0, 0.1) is 0 Å². The van der Waals surface area contributed by atoms with E-state index in [1.165, 1.54) is 13.8 Å². The molecule has 15 heavy (non-hydrogen) atoms. The Balaban J connectivity index is 0. The van der Waals surface area contributed by atoms with Crippen LogP contribution in [0.3, 0.4) is 0 Å². The van der Waals surface area contributed by atoms with Crippen LogP contribution in [0.5, 0.6) is 0 Å². The summed E-state index contributed by atoms with van der Waals surface area (Å²) in [6, 6.07) is 0. The van der Waals surface area contributed by atoms with Gasteiger partial charge in [0.05, 0.1) is 22.5 Å². The van der Waals surface area contributed by atoms with E-state index in [0.717, 1.165) is 7.11 Å². The van der Waals surface area contributed by atoms with Crippen LogP contribution in [0.15, 0.2) is 0 Å². The van der Waals surface area contributed by atoms with Crippen molar-refractivity contribution in [2.75, 3.05) is 7.11 Å². The summed E-state index contributed by atoms with van der Waals surface area (Å²) >= 11 is 0. The second kappa shape index (κ2) is 6.41. The molecule has 0 N–H and O–H groups in total. The first-order valence-corrected chi connectivity index (χ1v) is 7.13. The highest BCUT2D eigenvalue weighted by atomic mass is 32.2. The summed E-state index contributed by atoms with van der Waals surface area (Å²) in [5.74, 6) is 0. The van der Waals surface area contributed by atoms with Crippen molar-refractivity contribution in [1.29, 1.82) is 0 Å². The Kier molecular flexibility index (Phi) is 7.36. The maximum absolute atomic E-state index is 10.5. The van der Waals surface area contributed by atoms with E-state index in [1.807, 2.05) is 0 Å². The molecule has 0 bridgehead atoms. The summed E-state index contributed by atoms with van der Waals surface area (Å²) in [5, 5.41) is -1.22. The molecule has 0 amide bonds. The third-order valence-electron chi connectivity index (χ3n) is 1.39. The van der Waals surface area contributed by atoms with Crippen LogP contribution < -0.4 is 0 Å². The van der Waals surface area contributed by atoms with Gasteiger partial charge in [-0.3, -0.25) is 4.18 Å². The first-order valence-electron chi connectivity index (χ1n) is 4.19. The molecule has 0 aromatic carbocycles. The van der Waals surface area contributed by atoms with Gasteiger partial charge in [-0.25, -0.2) is 8.42 Å². The Morgan fingerprint density at radius 1 is 0.933 bits per heavy atom. The van der Waals surface area contributed by atoms with Crippen molar-refractivity contribution >= 4 is 20.2 Å². The molecule has 0 aliphatic heterocycles. The summed E-state index contributed by atoms with van der Waals surface area (Å²) in [7, 11) is -6.06. The van der Waals surface area contributed by atoms with Crippen LogP contribution in [0.4, 0.5) is 0 Å². The maximum atomic E-state index is 10.5. The average molecular weight is 261 g/mol. The van der Waals surface area contributed by atoms with Gasteiger partial charge in [0.1, 0.15) is 0 Å². The second-order valence-corrected chi connectivity index (χ2v) is 7.44. The van der Waals surface area contributed by atoms with Gasteiger partial charge < -0.3 is 4.55 Å². The predicted octanol–water partition coefficient (Wildman–Crippen LogP) is 0.311. The standard InChI is InChI=1S/C4H10O3S.C3H8O3S/c1-4(2)8(5,6)7-3;1-3(2)7(4,5)6/h4H,1-3H3;3H,1-2H3,(H,4,5,6)/p-1. The number of rotatable bonds is 3. The van der Waals surface area contributed by atoms with Crippen molar-refractivity contribution in [3.8, 4) is 0 Å². The van der Waals surface area contributed by atoms with E-state index in [-0.39, 0.29) is 0 Å². The summed E-state index contributed by atoms with van der Waals surface area (Å²) in [4.78, 5) is 0. The molecular weight excluding hydrogens is 244 g/mol. The fourth-order valence-corrected chi connectivity index (χ4v) is 0.577. The number of hydrogen-bond acceptors (Lipinski definition) is 6. The van der Waals surface area contributed by atoms with Gasteiger partial charge in [-0.15, -0.1) is 0 Å². The minimum atomic E-state index is -3.99. The molecule has 0 saturated heterocycles. The van der Waals surface area contributed by atoms with Crippen molar-refractivity contribution in [3.05, 3.63) is 0 Å². The quantitative estimate of drug-likeness (QED) is 0.535. The lowest BCUT2D eigenvalue weighted by Crippen LogP contribution is -2.14. The molecular formula is C7H17O6S2-.